The zero-order valence-corrected chi connectivity index (χ0v) is 16.7. The van der Waals surface area contributed by atoms with Crippen LogP contribution in [0.3, 0.4) is 0 Å². The maximum atomic E-state index is 12.8. The van der Waals surface area contributed by atoms with Crippen molar-refractivity contribution in [3.63, 3.8) is 0 Å². The van der Waals surface area contributed by atoms with Gasteiger partial charge in [-0.3, -0.25) is 9.52 Å². The van der Waals surface area contributed by atoms with E-state index < -0.39 is 15.4 Å². The third-order valence-corrected chi connectivity index (χ3v) is 5.98. The molecule has 2 aromatic carbocycles. The molecule has 7 nitrogen and oxygen atoms in total. The van der Waals surface area contributed by atoms with E-state index in [9.17, 15) is 18.5 Å². The summed E-state index contributed by atoms with van der Waals surface area (Å²) in [7, 11) is -3.91. The Hall–Kier alpha value is -3.05. The molecule has 0 aromatic heterocycles. The number of benzene rings is 2. The highest BCUT2D eigenvalue weighted by Crippen LogP contribution is 2.39. The number of nitrogens with zero attached hydrogens (tertiary/aromatic N) is 1. The Bertz CT molecular complexity index is 1090. The summed E-state index contributed by atoms with van der Waals surface area (Å²) in [6, 6.07) is 11.0. The Morgan fingerprint density at radius 1 is 1.21 bits per heavy atom. The number of carbonyl (C=O) groups is 1. The first-order valence-corrected chi connectivity index (χ1v) is 10.3. The van der Waals surface area contributed by atoms with Gasteiger partial charge >= 0.3 is 0 Å². The van der Waals surface area contributed by atoms with Gasteiger partial charge in [-0.2, -0.15) is 5.26 Å². The van der Waals surface area contributed by atoms with Crippen molar-refractivity contribution in [1.29, 1.82) is 5.26 Å². The van der Waals surface area contributed by atoms with E-state index in [1.165, 1.54) is 18.2 Å². The molecule has 0 fully saturated rings. The molecule has 28 heavy (non-hydrogen) atoms. The number of sulfonamides is 1. The van der Waals surface area contributed by atoms with Gasteiger partial charge in [0.1, 0.15) is 11.8 Å². The predicted molar refractivity (Wildman–Crippen MR) is 106 cm³/mol. The number of amides is 1. The van der Waals surface area contributed by atoms with Crippen molar-refractivity contribution in [2.75, 3.05) is 16.6 Å². The summed E-state index contributed by atoms with van der Waals surface area (Å²) in [5.41, 5.74) is 1.14. The summed E-state index contributed by atoms with van der Waals surface area (Å²) in [4.78, 5) is 12.0. The number of nitriles is 1. The number of rotatable bonds is 6. The highest BCUT2D eigenvalue weighted by Gasteiger charge is 2.38. The molecule has 0 saturated heterocycles. The van der Waals surface area contributed by atoms with Gasteiger partial charge in [-0.25, -0.2) is 8.42 Å². The van der Waals surface area contributed by atoms with E-state index >= 15 is 0 Å². The summed E-state index contributed by atoms with van der Waals surface area (Å²) in [6.07, 6.45) is 0.776. The van der Waals surface area contributed by atoms with Gasteiger partial charge in [0.15, 0.2) is 0 Å². The van der Waals surface area contributed by atoms with Crippen molar-refractivity contribution in [3.8, 4) is 11.8 Å². The van der Waals surface area contributed by atoms with Crippen molar-refractivity contribution in [2.45, 2.75) is 37.5 Å². The predicted octanol–water partition coefficient (Wildman–Crippen LogP) is 3.38. The van der Waals surface area contributed by atoms with Crippen LogP contribution in [0, 0.1) is 11.3 Å². The van der Waals surface area contributed by atoms with Crippen LogP contribution in [0.25, 0.3) is 0 Å². The molecule has 1 aliphatic heterocycles. The summed E-state index contributed by atoms with van der Waals surface area (Å²) in [6.45, 7) is 5.94. The highest BCUT2D eigenvalue weighted by atomic mass is 32.2. The van der Waals surface area contributed by atoms with Crippen LogP contribution in [-0.2, 0) is 20.2 Å². The fourth-order valence-corrected chi connectivity index (χ4v) is 4.03. The molecule has 2 N–H and O–H groups in total. The molecule has 3 rings (SSSR count). The Balaban J connectivity index is 1.90. The summed E-state index contributed by atoms with van der Waals surface area (Å²) >= 11 is 0. The van der Waals surface area contributed by atoms with Gasteiger partial charge in [0, 0.05) is 11.4 Å². The molecule has 0 radical (unpaired) electrons. The second-order valence-corrected chi connectivity index (χ2v) is 8.75. The third kappa shape index (κ3) is 3.53. The van der Waals surface area contributed by atoms with E-state index in [1.807, 2.05) is 13.0 Å². The van der Waals surface area contributed by atoms with E-state index in [2.05, 4.69) is 10.0 Å². The lowest BCUT2D eigenvalue weighted by Crippen LogP contribution is -2.26. The molecule has 1 aliphatic rings. The average molecular weight is 399 g/mol. The van der Waals surface area contributed by atoms with Crippen LogP contribution in [0.1, 0.15) is 38.3 Å². The number of hydrogen-bond acceptors (Lipinski definition) is 5. The van der Waals surface area contributed by atoms with Gasteiger partial charge in [-0.1, -0.05) is 6.92 Å². The van der Waals surface area contributed by atoms with E-state index in [0.29, 0.717) is 23.7 Å². The zero-order chi connectivity index (χ0) is 20.5. The number of carbonyl (C=O) groups excluding carboxylic acids is 1. The molecule has 0 saturated carbocycles. The highest BCUT2D eigenvalue weighted by molar-refractivity contribution is 7.92. The van der Waals surface area contributed by atoms with Gasteiger partial charge in [-0.15, -0.1) is 0 Å². The van der Waals surface area contributed by atoms with Gasteiger partial charge in [0.05, 0.1) is 22.5 Å². The van der Waals surface area contributed by atoms with Gasteiger partial charge in [0.25, 0.3) is 10.0 Å². The minimum atomic E-state index is -3.91. The van der Waals surface area contributed by atoms with Crippen LogP contribution < -0.4 is 14.8 Å². The smallest absolute Gasteiger partial charge is 0.261 e. The Labute approximate surface area is 164 Å². The largest absolute Gasteiger partial charge is 0.492 e. The third-order valence-electron chi connectivity index (χ3n) is 4.60. The van der Waals surface area contributed by atoms with E-state index in [-0.39, 0.29) is 16.4 Å². The molecule has 1 amide bonds. The van der Waals surface area contributed by atoms with Crippen molar-refractivity contribution in [2.24, 2.45) is 0 Å². The molecule has 146 valence electrons. The van der Waals surface area contributed by atoms with Crippen LogP contribution in [0.15, 0.2) is 41.3 Å². The Kier molecular flexibility index (Phi) is 5.04. The standard InChI is InChI=1S/C20H21N3O4S/c1-4-9-27-18-8-6-15(10-13(18)12-21)28(25,26)23-14-5-7-17-16(11-14)20(2,3)19(24)22-17/h5-8,10-11,23H,4,9H2,1-3H3,(H,22,24). The first kappa shape index (κ1) is 19.7. The van der Waals surface area contributed by atoms with Gasteiger partial charge in [-0.05, 0) is 62.2 Å². The zero-order valence-electron chi connectivity index (χ0n) is 15.9. The number of fused-ring (bicyclic) bond motifs is 1. The molecule has 1 heterocycles. The number of nitrogens with one attached hydrogen (secondary N) is 2. The molecule has 8 heteroatoms. The second-order valence-electron chi connectivity index (χ2n) is 7.06. The molecular formula is C20H21N3O4S. The maximum Gasteiger partial charge on any atom is 0.261 e. The summed E-state index contributed by atoms with van der Waals surface area (Å²) in [5.74, 6) is 0.219. The number of ether oxygens (including phenoxy) is 1. The van der Waals surface area contributed by atoms with E-state index in [1.54, 1.807) is 32.0 Å². The molecule has 0 spiro atoms. The van der Waals surface area contributed by atoms with Gasteiger partial charge in [0.2, 0.25) is 5.91 Å². The topological polar surface area (TPSA) is 108 Å². The maximum absolute atomic E-state index is 12.8. The molecule has 0 aliphatic carbocycles. The SMILES string of the molecule is CCCOc1ccc(S(=O)(=O)Nc2ccc3c(c2)C(C)(C)C(=O)N3)cc1C#N. The molecule has 2 aromatic rings. The number of hydrogen-bond donors (Lipinski definition) is 2. The fourth-order valence-electron chi connectivity index (χ4n) is 2.95. The van der Waals surface area contributed by atoms with E-state index in [4.69, 9.17) is 4.74 Å². The molecule has 0 atom stereocenters. The Morgan fingerprint density at radius 2 is 1.96 bits per heavy atom. The van der Waals surface area contributed by atoms with Crippen LogP contribution in [-0.4, -0.2) is 20.9 Å². The lowest BCUT2D eigenvalue weighted by Gasteiger charge is -2.16. The quantitative estimate of drug-likeness (QED) is 0.774. The molecule has 0 bridgehead atoms. The average Bonchev–Trinajstić information content (AvgIpc) is 2.88. The normalized spacial score (nSPS) is 14.7. The monoisotopic (exact) mass is 399 g/mol. The second kappa shape index (κ2) is 7.17. The molecule has 0 unspecified atom stereocenters. The summed E-state index contributed by atoms with van der Waals surface area (Å²) in [5, 5.41) is 12.1. The van der Waals surface area contributed by atoms with Crippen molar-refractivity contribution in [3.05, 3.63) is 47.5 Å². The lowest BCUT2D eigenvalue weighted by atomic mass is 9.86. The fraction of sp³-hybridized carbons (Fsp3) is 0.300. The van der Waals surface area contributed by atoms with Gasteiger partial charge < -0.3 is 10.1 Å². The van der Waals surface area contributed by atoms with Crippen LogP contribution >= 0.6 is 0 Å². The number of anilines is 2. The van der Waals surface area contributed by atoms with Crippen LogP contribution in [0.5, 0.6) is 5.75 Å². The summed E-state index contributed by atoms with van der Waals surface area (Å²) < 4.78 is 33.5. The van der Waals surface area contributed by atoms with E-state index in [0.717, 1.165) is 12.0 Å². The van der Waals surface area contributed by atoms with Crippen molar-refractivity contribution in [1.82, 2.24) is 0 Å². The van der Waals surface area contributed by atoms with Crippen LogP contribution in [0.2, 0.25) is 0 Å². The van der Waals surface area contributed by atoms with Crippen LogP contribution in [0.4, 0.5) is 11.4 Å². The minimum absolute atomic E-state index is 0.0399. The lowest BCUT2D eigenvalue weighted by molar-refractivity contribution is -0.119. The van der Waals surface area contributed by atoms with Crippen molar-refractivity contribution < 1.29 is 17.9 Å². The first-order chi connectivity index (χ1) is 13.2. The first-order valence-electron chi connectivity index (χ1n) is 8.85. The minimum Gasteiger partial charge on any atom is -0.492 e. The van der Waals surface area contributed by atoms with Crippen molar-refractivity contribution >= 4 is 27.3 Å². The Morgan fingerprint density at radius 3 is 2.64 bits per heavy atom. The molecular weight excluding hydrogens is 378 g/mol.